The van der Waals surface area contributed by atoms with E-state index in [0.29, 0.717) is 18.2 Å². The van der Waals surface area contributed by atoms with Gasteiger partial charge in [-0.05, 0) is 58.1 Å². The summed E-state index contributed by atoms with van der Waals surface area (Å²) in [6, 6.07) is 5.48. The Kier molecular flexibility index (Phi) is 4.73. The predicted molar refractivity (Wildman–Crippen MR) is 95.8 cm³/mol. The molecular weight excluding hydrogens is 318 g/mol. The number of hydrogen-bond donors (Lipinski definition) is 0. The lowest BCUT2D eigenvalue weighted by Crippen LogP contribution is -2.60. The molecule has 0 aromatic heterocycles. The molecule has 6 nitrogen and oxygen atoms in total. The summed E-state index contributed by atoms with van der Waals surface area (Å²) in [6.07, 6.45) is 0.914. The van der Waals surface area contributed by atoms with Gasteiger partial charge >= 0.3 is 0 Å². The molecule has 2 fully saturated rings. The molecule has 0 spiro atoms. The van der Waals surface area contributed by atoms with Gasteiger partial charge in [-0.15, -0.1) is 0 Å². The Morgan fingerprint density at radius 1 is 1.28 bits per heavy atom. The second-order valence-electron chi connectivity index (χ2n) is 7.31. The van der Waals surface area contributed by atoms with Gasteiger partial charge in [0.15, 0.2) is 0 Å². The van der Waals surface area contributed by atoms with E-state index in [1.54, 1.807) is 24.1 Å². The van der Waals surface area contributed by atoms with Crippen LogP contribution in [-0.2, 0) is 4.79 Å². The summed E-state index contributed by atoms with van der Waals surface area (Å²) in [5.41, 5.74) is 1.50. The third-order valence-electron chi connectivity index (χ3n) is 5.56. The number of ether oxygens (including phenoxy) is 1. The fraction of sp³-hybridized carbons (Fsp3) is 0.579. The van der Waals surface area contributed by atoms with Crippen LogP contribution in [0.15, 0.2) is 18.2 Å². The average molecular weight is 345 g/mol. The Hall–Kier alpha value is -2.08. The van der Waals surface area contributed by atoms with Crippen LogP contribution in [0.4, 0.5) is 0 Å². The second kappa shape index (κ2) is 6.67. The molecular formula is C19H27N3O3. The number of likely N-dealkylation sites (N-methyl/N-ethyl adjacent to an activating group) is 1. The number of methoxy groups -OCH3 is 1. The fourth-order valence-corrected chi connectivity index (χ4v) is 3.88. The minimum atomic E-state index is -0.425. The standard InChI is InChI=1S/C19H27N3O3/c1-12-8-16(25-5)6-7-17(12)19(24)21-11-15-9-14(20(3)4)10-22(15)18(23)13(21)2/h6-8,13-15H,9-11H2,1-5H3/t13-,14-,15-/m0/s1. The third-order valence-corrected chi connectivity index (χ3v) is 5.56. The van der Waals surface area contributed by atoms with Gasteiger partial charge in [0.05, 0.1) is 13.2 Å². The summed E-state index contributed by atoms with van der Waals surface area (Å²) >= 11 is 0. The van der Waals surface area contributed by atoms with Crippen LogP contribution in [0.1, 0.15) is 29.3 Å². The molecule has 2 heterocycles. The molecule has 0 unspecified atom stereocenters. The summed E-state index contributed by atoms with van der Waals surface area (Å²) in [5, 5.41) is 0. The molecule has 0 N–H and O–H groups in total. The summed E-state index contributed by atoms with van der Waals surface area (Å²) < 4.78 is 5.21. The number of amides is 2. The van der Waals surface area contributed by atoms with Crippen molar-refractivity contribution in [3.05, 3.63) is 29.3 Å². The van der Waals surface area contributed by atoms with Crippen molar-refractivity contribution < 1.29 is 14.3 Å². The van der Waals surface area contributed by atoms with Gasteiger partial charge in [0.25, 0.3) is 5.91 Å². The van der Waals surface area contributed by atoms with Crippen molar-refractivity contribution in [1.82, 2.24) is 14.7 Å². The monoisotopic (exact) mass is 345 g/mol. The molecule has 136 valence electrons. The van der Waals surface area contributed by atoms with E-state index in [1.165, 1.54) is 0 Å². The Balaban J connectivity index is 1.83. The molecule has 0 saturated carbocycles. The highest BCUT2D eigenvalue weighted by molar-refractivity contribution is 5.99. The molecule has 1 aromatic rings. The number of carbonyl (C=O) groups excluding carboxylic acids is 2. The minimum absolute atomic E-state index is 0.0557. The summed E-state index contributed by atoms with van der Waals surface area (Å²) in [4.78, 5) is 31.7. The smallest absolute Gasteiger partial charge is 0.254 e. The molecule has 0 radical (unpaired) electrons. The number of benzene rings is 1. The predicted octanol–water partition coefficient (Wildman–Crippen LogP) is 1.38. The van der Waals surface area contributed by atoms with E-state index in [1.807, 2.05) is 38.9 Å². The van der Waals surface area contributed by atoms with Crippen LogP contribution in [-0.4, -0.2) is 78.9 Å². The Labute approximate surface area is 149 Å². The van der Waals surface area contributed by atoms with Gasteiger partial charge in [-0.2, -0.15) is 0 Å². The molecule has 3 rings (SSSR count). The molecule has 2 aliphatic heterocycles. The summed E-state index contributed by atoms with van der Waals surface area (Å²) in [6.45, 7) is 5.08. The van der Waals surface area contributed by atoms with Crippen molar-refractivity contribution in [2.45, 2.75) is 38.4 Å². The lowest BCUT2D eigenvalue weighted by atomic mass is 10.0. The maximum Gasteiger partial charge on any atom is 0.254 e. The molecule has 0 bridgehead atoms. The van der Waals surface area contributed by atoms with Crippen molar-refractivity contribution >= 4 is 11.8 Å². The van der Waals surface area contributed by atoms with Crippen molar-refractivity contribution in [2.24, 2.45) is 0 Å². The maximum atomic E-state index is 13.1. The van der Waals surface area contributed by atoms with E-state index in [2.05, 4.69) is 4.90 Å². The van der Waals surface area contributed by atoms with Crippen LogP contribution in [0.5, 0.6) is 5.75 Å². The van der Waals surface area contributed by atoms with Gasteiger partial charge in [-0.3, -0.25) is 9.59 Å². The first-order valence-corrected chi connectivity index (χ1v) is 8.76. The van der Waals surface area contributed by atoms with E-state index in [-0.39, 0.29) is 17.9 Å². The summed E-state index contributed by atoms with van der Waals surface area (Å²) in [7, 11) is 5.69. The zero-order valence-electron chi connectivity index (χ0n) is 15.7. The lowest BCUT2D eigenvalue weighted by molar-refractivity contribution is -0.141. The van der Waals surface area contributed by atoms with Crippen LogP contribution in [0.3, 0.4) is 0 Å². The lowest BCUT2D eigenvalue weighted by Gasteiger charge is -2.41. The zero-order valence-corrected chi connectivity index (χ0v) is 15.7. The summed E-state index contributed by atoms with van der Waals surface area (Å²) in [5.74, 6) is 0.710. The molecule has 6 heteroatoms. The first-order valence-electron chi connectivity index (χ1n) is 8.76. The number of fused-ring (bicyclic) bond motifs is 1. The van der Waals surface area contributed by atoms with Crippen molar-refractivity contribution in [3.63, 3.8) is 0 Å². The number of aryl methyl sites for hydroxylation is 1. The van der Waals surface area contributed by atoms with Gasteiger partial charge < -0.3 is 19.4 Å². The number of rotatable bonds is 3. The van der Waals surface area contributed by atoms with Crippen LogP contribution in [0.2, 0.25) is 0 Å². The largest absolute Gasteiger partial charge is 0.497 e. The minimum Gasteiger partial charge on any atom is -0.497 e. The molecule has 1 aromatic carbocycles. The maximum absolute atomic E-state index is 13.1. The molecule has 2 saturated heterocycles. The van der Waals surface area contributed by atoms with Crippen LogP contribution < -0.4 is 4.74 Å². The van der Waals surface area contributed by atoms with E-state index in [4.69, 9.17) is 4.74 Å². The first kappa shape index (κ1) is 17.7. The SMILES string of the molecule is COc1ccc(C(=O)N2C[C@@H]3C[C@H](N(C)C)CN3C(=O)[C@@H]2C)c(C)c1. The molecule has 2 aliphatic rings. The van der Waals surface area contributed by atoms with E-state index < -0.39 is 6.04 Å². The highest BCUT2D eigenvalue weighted by atomic mass is 16.5. The van der Waals surface area contributed by atoms with Gasteiger partial charge in [0.1, 0.15) is 11.8 Å². The first-order chi connectivity index (χ1) is 11.8. The van der Waals surface area contributed by atoms with Crippen molar-refractivity contribution in [1.29, 1.82) is 0 Å². The van der Waals surface area contributed by atoms with Gasteiger partial charge in [0.2, 0.25) is 5.91 Å². The van der Waals surface area contributed by atoms with Gasteiger partial charge in [-0.25, -0.2) is 0 Å². The topological polar surface area (TPSA) is 53.1 Å². The normalized spacial score (nSPS) is 26.2. The van der Waals surface area contributed by atoms with Crippen molar-refractivity contribution in [3.8, 4) is 5.75 Å². The molecule has 2 amide bonds. The highest BCUT2D eigenvalue weighted by Gasteiger charge is 2.45. The molecule has 0 aliphatic carbocycles. The Morgan fingerprint density at radius 3 is 2.60 bits per heavy atom. The van der Waals surface area contributed by atoms with Gasteiger partial charge in [0, 0.05) is 24.7 Å². The zero-order chi connectivity index (χ0) is 18.3. The van der Waals surface area contributed by atoms with E-state index in [0.717, 1.165) is 24.3 Å². The van der Waals surface area contributed by atoms with Crippen LogP contribution in [0.25, 0.3) is 0 Å². The number of nitrogens with zero attached hydrogens (tertiary/aromatic N) is 3. The molecule has 25 heavy (non-hydrogen) atoms. The van der Waals surface area contributed by atoms with Gasteiger partial charge in [-0.1, -0.05) is 0 Å². The van der Waals surface area contributed by atoms with Crippen molar-refractivity contribution in [2.75, 3.05) is 34.3 Å². The second-order valence-corrected chi connectivity index (χ2v) is 7.31. The highest BCUT2D eigenvalue weighted by Crippen LogP contribution is 2.29. The third kappa shape index (κ3) is 3.11. The molecule has 3 atom stereocenters. The van der Waals surface area contributed by atoms with Crippen LogP contribution >= 0.6 is 0 Å². The quantitative estimate of drug-likeness (QED) is 0.831. The number of piperazine rings is 1. The fourth-order valence-electron chi connectivity index (χ4n) is 3.88. The number of carbonyl (C=O) groups is 2. The van der Waals surface area contributed by atoms with Crippen LogP contribution in [0, 0.1) is 6.92 Å². The average Bonchev–Trinajstić information content (AvgIpc) is 3.02. The van der Waals surface area contributed by atoms with E-state index >= 15 is 0 Å². The van der Waals surface area contributed by atoms with E-state index in [9.17, 15) is 9.59 Å². The Bertz CT molecular complexity index is 688. The number of hydrogen-bond acceptors (Lipinski definition) is 4. The Morgan fingerprint density at radius 2 is 2.00 bits per heavy atom.